The average Bonchev–Trinajstić information content (AvgIpc) is 3.15. The summed E-state index contributed by atoms with van der Waals surface area (Å²) in [5.41, 5.74) is 2.06. The molecule has 1 aromatic rings. The van der Waals surface area contributed by atoms with Crippen LogP contribution in [-0.4, -0.2) is 0 Å². The lowest BCUT2D eigenvalue weighted by atomic mass is 9.62. The van der Waals surface area contributed by atoms with Gasteiger partial charge in [-0.15, -0.1) is 0 Å². The van der Waals surface area contributed by atoms with Crippen LogP contribution in [0, 0.1) is 11.8 Å². The minimum Gasteiger partial charge on any atom is -0.0622 e. The molecule has 0 aromatic heterocycles. The highest BCUT2D eigenvalue weighted by atomic mass is 14.5. The first kappa shape index (κ1) is 10.4. The summed E-state index contributed by atoms with van der Waals surface area (Å²) in [5.74, 6) is 2.01. The van der Waals surface area contributed by atoms with E-state index in [1.165, 1.54) is 38.5 Å². The number of benzene rings is 1. The van der Waals surface area contributed by atoms with E-state index in [2.05, 4.69) is 37.3 Å². The van der Waals surface area contributed by atoms with E-state index in [-0.39, 0.29) is 0 Å². The smallest absolute Gasteiger partial charge is 0.00444 e. The summed E-state index contributed by atoms with van der Waals surface area (Å²) in [7, 11) is 0. The molecule has 0 amide bonds. The van der Waals surface area contributed by atoms with Crippen LogP contribution >= 0.6 is 0 Å². The van der Waals surface area contributed by atoms with Gasteiger partial charge in [0, 0.05) is 0 Å². The van der Waals surface area contributed by atoms with Crippen LogP contribution in [0.2, 0.25) is 0 Å². The van der Waals surface area contributed by atoms with Crippen molar-refractivity contribution in [3.8, 4) is 0 Å². The van der Waals surface area contributed by atoms with Crippen LogP contribution < -0.4 is 0 Å². The van der Waals surface area contributed by atoms with Crippen molar-refractivity contribution in [2.75, 3.05) is 0 Å². The Balaban J connectivity index is 1.93. The van der Waals surface area contributed by atoms with Gasteiger partial charge in [0.05, 0.1) is 0 Å². The molecule has 0 nitrogen and oxygen atoms in total. The average molecular weight is 214 g/mol. The van der Waals surface area contributed by atoms with E-state index in [1.807, 2.05) is 0 Å². The molecule has 0 saturated heterocycles. The van der Waals surface area contributed by atoms with Gasteiger partial charge in [0.15, 0.2) is 0 Å². The van der Waals surface area contributed by atoms with Crippen LogP contribution in [0.5, 0.6) is 0 Å². The largest absolute Gasteiger partial charge is 0.0622 e. The van der Waals surface area contributed by atoms with Gasteiger partial charge in [0.25, 0.3) is 0 Å². The molecule has 0 heterocycles. The van der Waals surface area contributed by atoms with E-state index >= 15 is 0 Å². The van der Waals surface area contributed by atoms with Gasteiger partial charge in [-0.1, -0.05) is 50.1 Å². The second-order valence-electron chi connectivity index (χ2n) is 5.97. The first-order valence-electron chi connectivity index (χ1n) is 6.86. The van der Waals surface area contributed by atoms with Crippen LogP contribution in [0.15, 0.2) is 30.3 Å². The van der Waals surface area contributed by atoms with Crippen LogP contribution in [0.25, 0.3) is 0 Å². The summed E-state index contributed by atoms with van der Waals surface area (Å²) in [4.78, 5) is 0. The van der Waals surface area contributed by atoms with Crippen LogP contribution in [0.4, 0.5) is 0 Å². The number of hydrogen-bond donors (Lipinski definition) is 0. The van der Waals surface area contributed by atoms with E-state index in [0.717, 1.165) is 11.8 Å². The van der Waals surface area contributed by atoms with E-state index in [0.29, 0.717) is 5.41 Å². The fourth-order valence-corrected chi connectivity index (χ4v) is 3.79. The van der Waals surface area contributed by atoms with Crippen LogP contribution in [0.3, 0.4) is 0 Å². The van der Waals surface area contributed by atoms with Gasteiger partial charge < -0.3 is 0 Å². The first-order chi connectivity index (χ1) is 7.81. The predicted molar refractivity (Wildman–Crippen MR) is 68.5 cm³/mol. The molecule has 86 valence electrons. The molecule has 0 bridgehead atoms. The molecule has 2 saturated carbocycles. The van der Waals surface area contributed by atoms with Crippen molar-refractivity contribution in [1.29, 1.82) is 0 Å². The summed E-state index contributed by atoms with van der Waals surface area (Å²) in [5, 5.41) is 0. The number of hydrogen-bond acceptors (Lipinski definition) is 0. The molecule has 0 heteroatoms. The molecule has 3 rings (SSSR count). The SMILES string of the molecule is CC1(c2ccccc2)CCCCC1C1CC1. The molecule has 2 atom stereocenters. The Kier molecular flexibility index (Phi) is 2.53. The quantitative estimate of drug-likeness (QED) is 0.677. The van der Waals surface area contributed by atoms with Crippen molar-refractivity contribution < 1.29 is 0 Å². The molecule has 2 unspecified atom stereocenters. The van der Waals surface area contributed by atoms with Crippen molar-refractivity contribution in [3.63, 3.8) is 0 Å². The zero-order valence-electron chi connectivity index (χ0n) is 10.3. The second-order valence-corrected chi connectivity index (χ2v) is 5.97. The van der Waals surface area contributed by atoms with Crippen molar-refractivity contribution in [2.45, 2.75) is 50.9 Å². The Morgan fingerprint density at radius 1 is 1.00 bits per heavy atom. The molecule has 16 heavy (non-hydrogen) atoms. The first-order valence-corrected chi connectivity index (χ1v) is 6.86. The molecule has 2 aliphatic rings. The highest BCUT2D eigenvalue weighted by molar-refractivity contribution is 5.27. The Bertz CT molecular complexity index is 350. The minimum atomic E-state index is 0.473. The van der Waals surface area contributed by atoms with E-state index in [4.69, 9.17) is 0 Å². The third-order valence-electron chi connectivity index (χ3n) is 4.90. The lowest BCUT2D eigenvalue weighted by molar-refractivity contribution is 0.179. The topological polar surface area (TPSA) is 0 Å². The van der Waals surface area contributed by atoms with Crippen molar-refractivity contribution in [1.82, 2.24) is 0 Å². The summed E-state index contributed by atoms with van der Waals surface area (Å²) < 4.78 is 0. The maximum absolute atomic E-state index is 2.52. The van der Waals surface area contributed by atoms with Gasteiger partial charge in [-0.3, -0.25) is 0 Å². The van der Waals surface area contributed by atoms with Crippen molar-refractivity contribution >= 4 is 0 Å². The van der Waals surface area contributed by atoms with Gasteiger partial charge in [-0.05, 0) is 48.5 Å². The van der Waals surface area contributed by atoms with Gasteiger partial charge in [-0.25, -0.2) is 0 Å². The Hall–Kier alpha value is -0.780. The molecule has 2 aliphatic carbocycles. The molecule has 0 aliphatic heterocycles. The maximum Gasteiger partial charge on any atom is -0.00444 e. The van der Waals surface area contributed by atoms with Gasteiger partial charge in [-0.2, -0.15) is 0 Å². The van der Waals surface area contributed by atoms with E-state index < -0.39 is 0 Å². The summed E-state index contributed by atoms with van der Waals surface area (Å²) in [6.45, 7) is 2.52. The van der Waals surface area contributed by atoms with E-state index in [9.17, 15) is 0 Å². The normalized spacial score (nSPS) is 34.9. The summed E-state index contributed by atoms with van der Waals surface area (Å²) in [6, 6.07) is 11.3. The molecule has 2 fully saturated rings. The molecule has 1 aromatic carbocycles. The monoisotopic (exact) mass is 214 g/mol. The third kappa shape index (κ3) is 1.69. The highest BCUT2D eigenvalue weighted by Crippen LogP contribution is 2.53. The fraction of sp³-hybridized carbons (Fsp3) is 0.625. The Morgan fingerprint density at radius 3 is 2.44 bits per heavy atom. The zero-order chi connectivity index (χ0) is 11.0. The Labute approximate surface area is 99.1 Å². The van der Waals surface area contributed by atoms with Crippen molar-refractivity contribution in [2.24, 2.45) is 11.8 Å². The lowest BCUT2D eigenvalue weighted by Crippen LogP contribution is -2.36. The minimum absolute atomic E-state index is 0.473. The van der Waals surface area contributed by atoms with Gasteiger partial charge in [0.1, 0.15) is 0 Å². The Morgan fingerprint density at radius 2 is 1.75 bits per heavy atom. The maximum atomic E-state index is 2.52. The van der Waals surface area contributed by atoms with Gasteiger partial charge in [0.2, 0.25) is 0 Å². The van der Waals surface area contributed by atoms with Crippen LogP contribution in [-0.2, 0) is 5.41 Å². The van der Waals surface area contributed by atoms with Gasteiger partial charge >= 0.3 is 0 Å². The fourth-order valence-electron chi connectivity index (χ4n) is 3.79. The predicted octanol–water partition coefficient (Wildman–Crippen LogP) is 4.54. The third-order valence-corrected chi connectivity index (χ3v) is 4.90. The molecular formula is C16H22. The standard InChI is InChI=1S/C16H22/c1-16(14-7-3-2-4-8-14)12-6-5-9-15(16)13-10-11-13/h2-4,7-8,13,15H,5-6,9-12H2,1H3. The second kappa shape index (κ2) is 3.91. The zero-order valence-corrected chi connectivity index (χ0v) is 10.3. The van der Waals surface area contributed by atoms with Crippen molar-refractivity contribution in [3.05, 3.63) is 35.9 Å². The lowest BCUT2D eigenvalue weighted by Gasteiger charge is -2.42. The molecule has 0 N–H and O–H groups in total. The summed E-state index contributed by atoms with van der Waals surface area (Å²) >= 11 is 0. The molecule has 0 radical (unpaired) electrons. The summed E-state index contributed by atoms with van der Waals surface area (Å²) in [6.07, 6.45) is 8.74. The molecule has 0 spiro atoms. The van der Waals surface area contributed by atoms with E-state index in [1.54, 1.807) is 5.56 Å². The highest BCUT2D eigenvalue weighted by Gasteiger charge is 2.45. The van der Waals surface area contributed by atoms with Crippen LogP contribution in [0.1, 0.15) is 51.0 Å². The molecular weight excluding hydrogens is 192 g/mol. The number of rotatable bonds is 2.